The van der Waals surface area contributed by atoms with E-state index in [1.54, 1.807) is 36.4 Å². The summed E-state index contributed by atoms with van der Waals surface area (Å²) in [5.41, 5.74) is 1.48. The van der Waals surface area contributed by atoms with Crippen LogP contribution in [0.5, 0.6) is 11.5 Å². The van der Waals surface area contributed by atoms with E-state index in [9.17, 15) is 13.6 Å². The molecule has 1 aliphatic carbocycles. The highest BCUT2D eigenvalue weighted by atomic mass is 19.2. The number of nitrogens with one attached hydrogen (secondary N) is 2. The van der Waals surface area contributed by atoms with Gasteiger partial charge in [-0.15, -0.1) is 0 Å². The fourth-order valence-electron chi connectivity index (χ4n) is 4.08. The van der Waals surface area contributed by atoms with Gasteiger partial charge >= 0.3 is 6.03 Å². The standard InChI is InChI=1S/C24H23F2N7O2/c1-32-13-15(11-28-32)20-10-18(8-9-27-20)35-21-7-6-19(22(25)23(21)26)31-24(34)30-16-12-29-33(14-16)17-4-2-3-5-17/h6-14,17H,2-5H2,1H3,(H2,30,31,34). The SMILES string of the molecule is Cn1cc(-c2cc(Oc3ccc(NC(=O)Nc4cnn(C5CCCC5)c4)c(F)c3F)ccn2)cn1. The summed E-state index contributed by atoms with van der Waals surface area (Å²) in [6.45, 7) is 0. The summed E-state index contributed by atoms with van der Waals surface area (Å²) >= 11 is 0. The highest BCUT2D eigenvalue weighted by Gasteiger charge is 2.20. The zero-order valence-electron chi connectivity index (χ0n) is 18.9. The van der Waals surface area contributed by atoms with Crippen molar-refractivity contribution in [2.75, 3.05) is 10.6 Å². The molecule has 1 saturated carbocycles. The molecule has 3 aromatic heterocycles. The number of nitrogens with zero attached hydrogens (tertiary/aromatic N) is 5. The first-order valence-corrected chi connectivity index (χ1v) is 11.2. The fourth-order valence-corrected chi connectivity index (χ4v) is 4.08. The Hall–Kier alpha value is -4.28. The molecule has 1 aromatic carbocycles. The number of aromatic nitrogens is 5. The van der Waals surface area contributed by atoms with Gasteiger partial charge in [0.15, 0.2) is 11.6 Å². The van der Waals surface area contributed by atoms with Crippen molar-refractivity contribution < 1.29 is 18.3 Å². The first-order chi connectivity index (χ1) is 17.0. The number of anilines is 2. The van der Waals surface area contributed by atoms with Crippen molar-refractivity contribution in [2.45, 2.75) is 31.7 Å². The van der Waals surface area contributed by atoms with Crippen LogP contribution in [-0.4, -0.2) is 30.6 Å². The number of amides is 2. The van der Waals surface area contributed by atoms with Gasteiger partial charge in [0.05, 0.1) is 35.5 Å². The molecule has 2 N–H and O–H groups in total. The molecule has 5 rings (SSSR count). The van der Waals surface area contributed by atoms with Gasteiger partial charge < -0.3 is 15.4 Å². The molecule has 35 heavy (non-hydrogen) atoms. The highest BCUT2D eigenvalue weighted by Crippen LogP contribution is 2.32. The zero-order valence-corrected chi connectivity index (χ0v) is 18.9. The molecule has 0 radical (unpaired) electrons. The summed E-state index contributed by atoms with van der Waals surface area (Å²) in [4.78, 5) is 16.6. The lowest BCUT2D eigenvalue weighted by Crippen LogP contribution is -2.20. The number of carbonyl (C=O) groups is 1. The smallest absolute Gasteiger partial charge is 0.323 e. The van der Waals surface area contributed by atoms with Gasteiger partial charge in [-0.25, -0.2) is 9.18 Å². The average Bonchev–Trinajstić information content (AvgIpc) is 3.61. The van der Waals surface area contributed by atoms with Gasteiger partial charge in [-0.2, -0.15) is 14.6 Å². The maximum Gasteiger partial charge on any atom is 0.323 e. The lowest BCUT2D eigenvalue weighted by Gasteiger charge is -2.12. The van der Waals surface area contributed by atoms with Crippen LogP contribution in [0.15, 0.2) is 55.2 Å². The van der Waals surface area contributed by atoms with Crippen LogP contribution in [0.4, 0.5) is 25.0 Å². The summed E-state index contributed by atoms with van der Waals surface area (Å²) in [7, 11) is 1.78. The largest absolute Gasteiger partial charge is 0.454 e. The monoisotopic (exact) mass is 479 g/mol. The molecule has 0 saturated heterocycles. The van der Waals surface area contributed by atoms with Crippen molar-refractivity contribution in [1.29, 1.82) is 0 Å². The van der Waals surface area contributed by atoms with Gasteiger partial charge in [-0.3, -0.25) is 14.3 Å². The molecule has 180 valence electrons. The molecule has 0 unspecified atom stereocenters. The second-order valence-electron chi connectivity index (χ2n) is 8.35. The number of pyridine rings is 1. The third kappa shape index (κ3) is 4.98. The van der Waals surface area contributed by atoms with Crippen LogP contribution >= 0.6 is 0 Å². The molecule has 0 atom stereocenters. The number of aryl methyl sites for hydroxylation is 1. The van der Waals surface area contributed by atoms with E-state index in [4.69, 9.17) is 4.74 Å². The van der Waals surface area contributed by atoms with E-state index in [-0.39, 0.29) is 17.2 Å². The molecule has 1 aliphatic rings. The van der Waals surface area contributed by atoms with Gasteiger partial charge in [0.1, 0.15) is 5.75 Å². The number of hydrogen-bond acceptors (Lipinski definition) is 5. The third-order valence-corrected chi connectivity index (χ3v) is 5.81. The minimum atomic E-state index is -1.24. The first-order valence-electron chi connectivity index (χ1n) is 11.2. The van der Waals surface area contributed by atoms with E-state index in [1.165, 1.54) is 30.6 Å². The van der Waals surface area contributed by atoms with Crippen LogP contribution in [0.1, 0.15) is 31.7 Å². The molecule has 2 amide bonds. The van der Waals surface area contributed by atoms with Gasteiger partial charge in [-0.1, -0.05) is 12.8 Å². The van der Waals surface area contributed by atoms with Crippen molar-refractivity contribution in [2.24, 2.45) is 7.05 Å². The molecule has 1 fully saturated rings. The fraction of sp³-hybridized carbons (Fsp3) is 0.250. The Bertz CT molecular complexity index is 1360. The van der Waals surface area contributed by atoms with Gasteiger partial charge in [0, 0.05) is 37.3 Å². The molecule has 11 heteroatoms. The predicted octanol–water partition coefficient (Wildman–Crippen LogP) is 5.51. The molecule has 4 aromatic rings. The average molecular weight is 479 g/mol. The number of benzene rings is 1. The van der Waals surface area contributed by atoms with Crippen molar-refractivity contribution in [3.05, 3.63) is 66.9 Å². The van der Waals surface area contributed by atoms with Crippen molar-refractivity contribution in [3.63, 3.8) is 0 Å². The van der Waals surface area contributed by atoms with Crippen molar-refractivity contribution >= 4 is 17.4 Å². The Balaban J connectivity index is 1.25. The number of carbonyl (C=O) groups excluding carboxylic acids is 1. The summed E-state index contributed by atoms with van der Waals surface area (Å²) in [5, 5.41) is 13.3. The first kappa shape index (κ1) is 22.5. The maximum absolute atomic E-state index is 14.7. The summed E-state index contributed by atoms with van der Waals surface area (Å²) in [6.07, 6.45) is 12.6. The summed E-state index contributed by atoms with van der Waals surface area (Å²) < 4.78 is 38.4. The van der Waals surface area contributed by atoms with E-state index in [0.29, 0.717) is 17.4 Å². The number of urea groups is 1. The Kier molecular flexibility index (Phi) is 6.13. The number of halogens is 2. The molecular formula is C24H23F2N7O2. The van der Waals surface area contributed by atoms with Gasteiger partial charge in [-0.05, 0) is 31.0 Å². The number of hydrogen-bond donors (Lipinski definition) is 2. The molecule has 3 heterocycles. The van der Waals surface area contributed by atoms with Crippen LogP contribution in [0.2, 0.25) is 0 Å². The van der Waals surface area contributed by atoms with Crippen LogP contribution in [0.3, 0.4) is 0 Å². The van der Waals surface area contributed by atoms with Crippen LogP contribution < -0.4 is 15.4 Å². The molecular weight excluding hydrogens is 456 g/mol. The molecule has 9 nitrogen and oxygen atoms in total. The lowest BCUT2D eigenvalue weighted by molar-refractivity contribution is 0.262. The zero-order chi connectivity index (χ0) is 24.4. The van der Waals surface area contributed by atoms with E-state index in [1.807, 2.05) is 4.68 Å². The Morgan fingerprint density at radius 1 is 1.06 bits per heavy atom. The second-order valence-corrected chi connectivity index (χ2v) is 8.35. The maximum atomic E-state index is 14.7. The lowest BCUT2D eigenvalue weighted by atomic mass is 10.2. The van der Waals surface area contributed by atoms with Crippen LogP contribution in [0, 0.1) is 11.6 Å². The highest BCUT2D eigenvalue weighted by molar-refractivity contribution is 5.99. The number of ether oxygens (including phenoxy) is 1. The van der Waals surface area contributed by atoms with Crippen LogP contribution in [-0.2, 0) is 7.05 Å². The van der Waals surface area contributed by atoms with Crippen LogP contribution in [0.25, 0.3) is 11.3 Å². The van der Waals surface area contributed by atoms with Gasteiger partial charge in [0.2, 0.25) is 5.82 Å². The second kappa shape index (κ2) is 9.53. The normalized spacial score (nSPS) is 13.7. The Labute approximate surface area is 199 Å². The van der Waals surface area contributed by atoms with Gasteiger partial charge in [0.25, 0.3) is 0 Å². The Morgan fingerprint density at radius 3 is 2.66 bits per heavy atom. The van der Waals surface area contributed by atoms with E-state index in [0.717, 1.165) is 31.2 Å². The number of rotatable bonds is 6. The molecule has 0 bridgehead atoms. The van der Waals surface area contributed by atoms with Crippen molar-refractivity contribution in [1.82, 2.24) is 24.5 Å². The topological polar surface area (TPSA) is 98.9 Å². The quantitative estimate of drug-likeness (QED) is 0.380. The minimum Gasteiger partial charge on any atom is -0.454 e. The predicted molar refractivity (Wildman–Crippen MR) is 125 cm³/mol. The third-order valence-electron chi connectivity index (χ3n) is 5.81. The van der Waals surface area contributed by atoms with E-state index >= 15 is 0 Å². The summed E-state index contributed by atoms with van der Waals surface area (Å²) in [5.74, 6) is -2.51. The van der Waals surface area contributed by atoms with E-state index < -0.39 is 17.7 Å². The summed E-state index contributed by atoms with van der Waals surface area (Å²) in [6, 6.07) is 5.23. The molecule has 0 aliphatic heterocycles. The van der Waals surface area contributed by atoms with E-state index in [2.05, 4.69) is 25.8 Å². The van der Waals surface area contributed by atoms with Crippen molar-refractivity contribution in [3.8, 4) is 22.8 Å². The minimum absolute atomic E-state index is 0.273. The Morgan fingerprint density at radius 2 is 1.89 bits per heavy atom. The molecule has 0 spiro atoms.